The number of benzene rings is 1. The SMILES string of the molecule is Cn1c(C#N)ccc1-c1ccc(SNC2CCC2)cc1. The molecule has 3 nitrogen and oxygen atoms in total. The first-order valence-corrected chi connectivity index (χ1v) is 7.68. The van der Waals surface area contributed by atoms with E-state index in [9.17, 15) is 0 Å². The van der Waals surface area contributed by atoms with Gasteiger partial charge in [0.25, 0.3) is 0 Å². The Morgan fingerprint density at radius 1 is 1.20 bits per heavy atom. The molecule has 0 atom stereocenters. The molecule has 1 aromatic heterocycles. The highest BCUT2D eigenvalue weighted by Gasteiger charge is 2.16. The van der Waals surface area contributed by atoms with E-state index in [1.807, 2.05) is 23.7 Å². The Morgan fingerprint density at radius 3 is 2.50 bits per heavy atom. The highest BCUT2D eigenvalue weighted by Crippen LogP contribution is 2.27. The van der Waals surface area contributed by atoms with Crippen molar-refractivity contribution in [3.63, 3.8) is 0 Å². The number of hydrogen-bond donors (Lipinski definition) is 1. The molecule has 1 heterocycles. The molecule has 1 fully saturated rings. The molecule has 0 unspecified atom stereocenters. The zero-order valence-electron chi connectivity index (χ0n) is 11.5. The van der Waals surface area contributed by atoms with Crippen molar-refractivity contribution < 1.29 is 0 Å². The lowest BCUT2D eigenvalue weighted by molar-refractivity contribution is 0.395. The molecule has 0 spiro atoms. The molecule has 0 bridgehead atoms. The third-order valence-electron chi connectivity index (χ3n) is 3.84. The van der Waals surface area contributed by atoms with Gasteiger partial charge in [-0.3, -0.25) is 4.72 Å². The topological polar surface area (TPSA) is 40.8 Å². The van der Waals surface area contributed by atoms with E-state index in [0.717, 1.165) is 11.3 Å². The van der Waals surface area contributed by atoms with Gasteiger partial charge in [-0.15, -0.1) is 0 Å². The molecule has 0 radical (unpaired) electrons. The predicted molar refractivity (Wildman–Crippen MR) is 82.2 cm³/mol. The van der Waals surface area contributed by atoms with E-state index in [1.165, 1.54) is 24.2 Å². The van der Waals surface area contributed by atoms with Gasteiger partial charge in [0, 0.05) is 23.7 Å². The molecule has 1 aromatic carbocycles. The fourth-order valence-corrected chi connectivity index (χ4v) is 3.10. The molecule has 102 valence electrons. The summed E-state index contributed by atoms with van der Waals surface area (Å²) in [5, 5.41) is 8.99. The summed E-state index contributed by atoms with van der Waals surface area (Å²) in [4.78, 5) is 1.23. The minimum atomic E-state index is 0.685. The zero-order valence-corrected chi connectivity index (χ0v) is 12.3. The molecule has 4 heteroatoms. The maximum atomic E-state index is 8.99. The highest BCUT2D eigenvalue weighted by atomic mass is 32.2. The Balaban J connectivity index is 1.71. The molecule has 1 saturated carbocycles. The van der Waals surface area contributed by atoms with Crippen molar-refractivity contribution in [2.45, 2.75) is 30.2 Å². The first-order valence-electron chi connectivity index (χ1n) is 6.86. The van der Waals surface area contributed by atoms with Gasteiger partial charge in [0.05, 0.1) is 0 Å². The lowest BCUT2D eigenvalue weighted by atomic mass is 9.94. The summed E-state index contributed by atoms with van der Waals surface area (Å²) in [5.41, 5.74) is 2.90. The first kappa shape index (κ1) is 13.3. The van der Waals surface area contributed by atoms with Crippen molar-refractivity contribution in [3.05, 3.63) is 42.1 Å². The average Bonchev–Trinajstić information content (AvgIpc) is 2.79. The monoisotopic (exact) mass is 283 g/mol. The average molecular weight is 283 g/mol. The molecule has 0 saturated heterocycles. The second-order valence-electron chi connectivity index (χ2n) is 5.15. The number of nitrogens with zero attached hydrogens (tertiary/aromatic N) is 2. The van der Waals surface area contributed by atoms with Crippen molar-refractivity contribution in [2.75, 3.05) is 0 Å². The summed E-state index contributed by atoms with van der Waals surface area (Å²) >= 11 is 1.71. The Kier molecular flexibility index (Phi) is 3.81. The lowest BCUT2D eigenvalue weighted by Gasteiger charge is -2.25. The van der Waals surface area contributed by atoms with Gasteiger partial charge in [0.2, 0.25) is 0 Å². The van der Waals surface area contributed by atoms with E-state index in [-0.39, 0.29) is 0 Å². The van der Waals surface area contributed by atoms with Crippen LogP contribution in [0.5, 0.6) is 0 Å². The van der Waals surface area contributed by atoms with Gasteiger partial charge in [-0.25, -0.2) is 0 Å². The van der Waals surface area contributed by atoms with Gasteiger partial charge < -0.3 is 4.57 Å². The quantitative estimate of drug-likeness (QED) is 0.870. The van der Waals surface area contributed by atoms with Crippen LogP contribution in [-0.2, 0) is 7.05 Å². The van der Waals surface area contributed by atoms with Gasteiger partial charge in [0.15, 0.2) is 0 Å². The summed E-state index contributed by atoms with van der Waals surface area (Å²) in [5.74, 6) is 0. The third kappa shape index (κ3) is 2.60. The van der Waals surface area contributed by atoms with E-state index in [4.69, 9.17) is 5.26 Å². The highest BCUT2D eigenvalue weighted by molar-refractivity contribution is 7.97. The summed E-state index contributed by atoms with van der Waals surface area (Å²) < 4.78 is 5.41. The second kappa shape index (κ2) is 5.74. The molecule has 0 amide bonds. The summed E-state index contributed by atoms with van der Waals surface area (Å²) in [6.07, 6.45) is 3.95. The fourth-order valence-electron chi connectivity index (χ4n) is 2.28. The minimum absolute atomic E-state index is 0.685. The summed E-state index contributed by atoms with van der Waals surface area (Å²) in [6.45, 7) is 0. The number of rotatable bonds is 4. The van der Waals surface area contributed by atoms with Gasteiger partial charge in [-0.05, 0) is 54.6 Å². The molecule has 1 aliphatic carbocycles. The van der Waals surface area contributed by atoms with Crippen LogP contribution in [0.2, 0.25) is 0 Å². The van der Waals surface area contributed by atoms with Crippen molar-refractivity contribution in [1.29, 1.82) is 5.26 Å². The van der Waals surface area contributed by atoms with E-state index in [0.29, 0.717) is 11.7 Å². The second-order valence-corrected chi connectivity index (χ2v) is 6.06. The Bertz CT molecular complexity index is 633. The minimum Gasteiger partial charge on any atom is -0.335 e. The third-order valence-corrected chi connectivity index (χ3v) is 4.79. The van der Waals surface area contributed by atoms with Crippen LogP contribution in [0.3, 0.4) is 0 Å². The number of hydrogen-bond acceptors (Lipinski definition) is 3. The van der Waals surface area contributed by atoms with Crippen molar-refractivity contribution in [1.82, 2.24) is 9.29 Å². The molecule has 0 aliphatic heterocycles. The maximum absolute atomic E-state index is 8.99. The Morgan fingerprint density at radius 2 is 1.95 bits per heavy atom. The van der Waals surface area contributed by atoms with Gasteiger partial charge in [-0.2, -0.15) is 5.26 Å². The summed E-state index contributed by atoms with van der Waals surface area (Å²) in [7, 11) is 1.93. The van der Waals surface area contributed by atoms with Gasteiger partial charge in [0.1, 0.15) is 11.8 Å². The van der Waals surface area contributed by atoms with Crippen molar-refractivity contribution >= 4 is 11.9 Å². The number of nitriles is 1. The van der Waals surface area contributed by atoms with E-state index in [1.54, 1.807) is 11.9 Å². The van der Waals surface area contributed by atoms with E-state index >= 15 is 0 Å². The van der Waals surface area contributed by atoms with Crippen LogP contribution in [0, 0.1) is 11.3 Å². The number of nitrogens with one attached hydrogen (secondary N) is 1. The summed E-state index contributed by atoms with van der Waals surface area (Å²) in [6, 6.07) is 15.2. The van der Waals surface area contributed by atoms with Crippen LogP contribution in [0.15, 0.2) is 41.3 Å². The first-order chi connectivity index (χ1) is 9.78. The van der Waals surface area contributed by atoms with Crippen molar-refractivity contribution in [2.24, 2.45) is 7.05 Å². The molecule has 3 rings (SSSR count). The number of aromatic nitrogens is 1. The molecule has 1 N–H and O–H groups in total. The van der Waals surface area contributed by atoms with E-state index < -0.39 is 0 Å². The van der Waals surface area contributed by atoms with Crippen LogP contribution in [0.4, 0.5) is 0 Å². The van der Waals surface area contributed by atoms with Crippen LogP contribution in [-0.4, -0.2) is 10.6 Å². The molecule has 1 aliphatic rings. The fraction of sp³-hybridized carbons (Fsp3) is 0.312. The largest absolute Gasteiger partial charge is 0.335 e. The van der Waals surface area contributed by atoms with Crippen LogP contribution >= 0.6 is 11.9 Å². The maximum Gasteiger partial charge on any atom is 0.120 e. The molecule has 2 aromatic rings. The Labute approximate surface area is 123 Å². The molecular formula is C16H17N3S. The standard InChI is InChI=1S/C16H17N3S/c1-19-14(11-17)7-10-16(19)12-5-8-15(9-6-12)20-18-13-3-2-4-13/h5-10,13,18H,2-4H2,1H3. The van der Waals surface area contributed by atoms with Crippen LogP contribution in [0.1, 0.15) is 25.0 Å². The zero-order chi connectivity index (χ0) is 13.9. The molecule has 20 heavy (non-hydrogen) atoms. The van der Waals surface area contributed by atoms with E-state index in [2.05, 4.69) is 35.1 Å². The molecular weight excluding hydrogens is 266 g/mol. The lowest BCUT2D eigenvalue weighted by Crippen LogP contribution is -2.29. The normalized spacial score (nSPS) is 14.8. The van der Waals surface area contributed by atoms with Crippen molar-refractivity contribution in [3.8, 4) is 17.3 Å². The van der Waals surface area contributed by atoms with Gasteiger partial charge >= 0.3 is 0 Å². The van der Waals surface area contributed by atoms with Crippen LogP contribution < -0.4 is 4.72 Å². The predicted octanol–water partition coefficient (Wildman–Crippen LogP) is 3.71. The van der Waals surface area contributed by atoms with Gasteiger partial charge in [-0.1, -0.05) is 18.6 Å². The smallest absolute Gasteiger partial charge is 0.120 e. The van der Waals surface area contributed by atoms with Crippen LogP contribution in [0.25, 0.3) is 11.3 Å². The Hall–Kier alpha value is -1.70.